The number of ether oxygens (including phenoxy) is 2. The van der Waals surface area contributed by atoms with E-state index in [9.17, 15) is 13.6 Å². The van der Waals surface area contributed by atoms with Crippen molar-refractivity contribution < 1.29 is 23.0 Å². The standard InChI is InChI=1S/C24H27N3O5S/c1-3-32-24(28)16-26-22-5-4-6-23(21(22)15-25-26)27(33(29)30)19-11-7-17(8-12-19)18-9-13-20(31-2)14-10-18/h7-15,23H,3-6,16H2,1-2H3,(H,29,30)/p-1. The van der Waals surface area contributed by atoms with Gasteiger partial charge in [0.05, 0.1) is 26.0 Å². The van der Waals surface area contributed by atoms with E-state index < -0.39 is 11.3 Å². The Bertz CT molecular complexity index is 1130. The maximum absolute atomic E-state index is 12.3. The number of hydrogen-bond acceptors (Lipinski definition) is 6. The highest BCUT2D eigenvalue weighted by molar-refractivity contribution is 7.80. The molecule has 0 N–H and O–H groups in total. The van der Waals surface area contributed by atoms with Crippen molar-refractivity contribution >= 4 is 22.9 Å². The van der Waals surface area contributed by atoms with Crippen LogP contribution in [0.3, 0.4) is 0 Å². The zero-order chi connectivity index (χ0) is 23.4. The summed E-state index contributed by atoms with van der Waals surface area (Å²) in [7, 11) is 1.62. The summed E-state index contributed by atoms with van der Waals surface area (Å²) in [5.41, 5.74) is 4.28. The minimum Gasteiger partial charge on any atom is -0.755 e. The van der Waals surface area contributed by atoms with Crippen LogP contribution in [0, 0.1) is 0 Å². The average Bonchev–Trinajstić information content (AvgIpc) is 3.23. The number of hydrogen-bond donors (Lipinski definition) is 0. The molecule has 0 amide bonds. The van der Waals surface area contributed by atoms with Gasteiger partial charge in [-0.1, -0.05) is 24.3 Å². The molecular formula is C24H26N3O5S-. The lowest BCUT2D eigenvalue weighted by atomic mass is 9.92. The first-order chi connectivity index (χ1) is 16.0. The minimum atomic E-state index is -2.48. The summed E-state index contributed by atoms with van der Waals surface area (Å²) in [6.07, 6.45) is 3.88. The lowest BCUT2D eigenvalue weighted by Gasteiger charge is -2.37. The van der Waals surface area contributed by atoms with Gasteiger partial charge < -0.3 is 14.0 Å². The van der Waals surface area contributed by atoms with Gasteiger partial charge in [0.25, 0.3) is 0 Å². The number of aromatic nitrogens is 2. The van der Waals surface area contributed by atoms with Crippen LogP contribution in [0.15, 0.2) is 54.7 Å². The molecule has 0 aliphatic heterocycles. The molecule has 174 valence electrons. The van der Waals surface area contributed by atoms with Crippen molar-refractivity contribution in [3.05, 3.63) is 66.0 Å². The number of carbonyl (C=O) groups is 1. The second kappa shape index (κ2) is 10.2. The van der Waals surface area contributed by atoms with E-state index in [2.05, 4.69) is 5.10 Å². The molecule has 2 unspecified atom stereocenters. The van der Waals surface area contributed by atoms with Crippen molar-refractivity contribution in [2.24, 2.45) is 0 Å². The third-order valence-corrected chi connectivity index (χ3v) is 6.59. The van der Waals surface area contributed by atoms with Crippen molar-refractivity contribution in [1.29, 1.82) is 0 Å². The molecule has 0 saturated heterocycles. The number of methoxy groups -OCH3 is 1. The number of anilines is 1. The van der Waals surface area contributed by atoms with Gasteiger partial charge in [-0.25, -0.2) is 0 Å². The molecule has 4 rings (SSSR count). The fraction of sp³-hybridized carbons (Fsp3) is 0.333. The van der Waals surface area contributed by atoms with Gasteiger partial charge in [0.2, 0.25) is 0 Å². The molecule has 0 spiro atoms. The normalized spacial score (nSPS) is 16.0. The Balaban J connectivity index is 1.60. The fourth-order valence-corrected chi connectivity index (χ4v) is 4.98. The van der Waals surface area contributed by atoms with Gasteiger partial charge in [-0.15, -0.1) is 0 Å². The first-order valence-electron chi connectivity index (χ1n) is 10.8. The SMILES string of the molecule is CCOC(=O)Cn1ncc2c1CCCC2N(c1ccc(-c2ccc(OC)cc2)cc1)S(=O)[O-]. The summed E-state index contributed by atoms with van der Waals surface area (Å²) in [6.45, 7) is 2.08. The van der Waals surface area contributed by atoms with Crippen molar-refractivity contribution in [2.75, 3.05) is 18.0 Å². The van der Waals surface area contributed by atoms with Crippen LogP contribution in [0.4, 0.5) is 5.69 Å². The predicted octanol–water partition coefficient (Wildman–Crippen LogP) is 3.80. The van der Waals surface area contributed by atoms with Gasteiger partial charge >= 0.3 is 5.97 Å². The molecule has 2 aromatic carbocycles. The van der Waals surface area contributed by atoms with Crippen LogP contribution in [-0.4, -0.2) is 38.2 Å². The van der Waals surface area contributed by atoms with Crippen molar-refractivity contribution in [3.8, 4) is 16.9 Å². The highest BCUT2D eigenvalue weighted by Gasteiger charge is 2.30. The molecule has 0 bridgehead atoms. The Kier molecular flexibility index (Phi) is 7.10. The van der Waals surface area contributed by atoms with E-state index in [0.29, 0.717) is 18.7 Å². The molecule has 1 aliphatic carbocycles. The Morgan fingerprint density at radius 2 is 1.85 bits per heavy atom. The van der Waals surface area contributed by atoms with E-state index in [-0.39, 0.29) is 18.6 Å². The van der Waals surface area contributed by atoms with E-state index in [1.165, 1.54) is 4.31 Å². The number of carbonyl (C=O) groups excluding carboxylic acids is 1. The van der Waals surface area contributed by atoms with Crippen LogP contribution in [0.25, 0.3) is 11.1 Å². The van der Waals surface area contributed by atoms with Gasteiger partial charge in [-0.3, -0.25) is 18.0 Å². The quantitative estimate of drug-likeness (QED) is 0.369. The highest BCUT2D eigenvalue weighted by Crippen LogP contribution is 2.38. The number of nitrogens with zero attached hydrogens (tertiary/aromatic N) is 3. The van der Waals surface area contributed by atoms with Crippen molar-refractivity contribution in [2.45, 2.75) is 38.8 Å². The number of fused-ring (bicyclic) bond motifs is 1. The second-order valence-corrected chi connectivity index (χ2v) is 8.56. The maximum atomic E-state index is 12.3. The Hall–Kier alpha value is -3.17. The first-order valence-corrected chi connectivity index (χ1v) is 11.9. The monoisotopic (exact) mass is 468 g/mol. The smallest absolute Gasteiger partial charge is 0.327 e. The van der Waals surface area contributed by atoms with Crippen LogP contribution in [-0.2, 0) is 33.8 Å². The van der Waals surface area contributed by atoms with E-state index in [1.807, 2.05) is 48.5 Å². The van der Waals surface area contributed by atoms with Crippen molar-refractivity contribution in [1.82, 2.24) is 9.78 Å². The van der Waals surface area contributed by atoms with E-state index in [0.717, 1.165) is 41.0 Å². The zero-order valence-electron chi connectivity index (χ0n) is 18.6. The summed E-state index contributed by atoms with van der Waals surface area (Å²) < 4.78 is 37.9. The van der Waals surface area contributed by atoms with E-state index in [4.69, 9.17) is 9.47 Å². The maximum Gasteiger partial charge on any atom is 0.327 e. The van der Waals surface area contributed by atoms with Gasteiger partial charge in [-0.05, 0) is 61.6 Å². The molecule has 2 atom stereocenters. The Morgan fingerprint density at radius 3 is 2.45 bits per heavy atom. The lowest BCUT2D eigenvalue weighted by Crippen LogP contribution is -2.33. The van der Waals surface area contributed by atoms with Gasteiger partial charge in [0, 0.05) is 28.2 Å². The molecule has 33 heavy (non-hydrogen) atoms. The molecule has 1 aliphatic rings. The summed E-state index contributed by atoms with van der Waals surface area (Å²) in [5, 5.41) is 4.35. The topological polar surface area (TPSA) is 96.7 Å². The van der Waals surface area contributed by atoms with Crippen LogP contribution in [0.2, 0.25) is 0 Å². The molecular weight excluding hydrogens is 442 g/mol. The summed E-state index contributed by atoms with van der Waals surface area (Å²) in [6, 6.07) is 14.8. The van der Waals surface area contributed by atoms with Crippen LogP contribution in [0.5, 0.6) is 5.75 Å². The molecule has 9 heteroatoms. The van der Waals surface area contributed by atoms with Crippen LogP contribution in [0.1, 0.15) is 37.1 Å². The Morgan fingerprint density at radius 1 is 1.18 bits per heavy atom. The van der Waals surface area contributed by atoms with Gasteiger partial charge in [0.15, 0.2) is 0 Å². The summed E-state index contributed by atoms with van der Waals surface area (Å²) in [5.74, 6) is 0.420. The van der Waals surface area contributed by atoms with Crippen LogP contribution < -0.4 is 9.04 Å². The zero-order valence-corrected chi connectivity index (χ0v) is 19.4. The molecule has 1 aromatic heterocycles. The predicted molar refractivity (Wildman–Crippen MR) is 124 cm³/mol. The highest BCUT2D eigenvalue weighted by atomic mass is 32.2. The summed E-state index contributed by atoms with van der Waals surface area (Å²) >= 11 is -2.48. The second-order valence-electron chi connectivity index (χ2n) is 7.74. The van der Waals surface area contributed by atoms with E-state index in [1.54, 1.807) is 24.9 Å². The van der Waals surface area contributed by atoms with Gasteiger partial charge in [0.1, 0.15) is 12.3 Å². The first kappa shape index (κ1) is 23.0. The molecule has 3 aromatic rings. The number of rotatable bonds is 8. The van der Waals surface area contributed by atoms with Gasteiger partial charge in [-0.2, -0.15) is 5.10 Å². The lowest BCUT2D eigenvalue weighted by molar-refractivity contribution is -0.144. The van der Waals surface area contributed by atoms with Crippen molar-refractivity contribution in [3.63, 3.8) is 0 Å². The third-order valence-electron chi connectivity index (χ3n) is 5.80. The fourth-order valence-electron chi connectivity index (χ4n) is 4.26. The third kappa shape index (κ3) is 4.94. The average molecular weight is 469 g/mol. The number of esters is 1. The number of benzene rings is 2. The molecule has 0 saturated carbocycles. The van der Waals surface area contributed by atoms with E-state index >= 15 is 0 Å². The molecule has 0 radical (unpaired) electrons. The molecule has 0 fully saturated rings. The van der Waals surface area contributed by atoms with Crippen LogP contribution >= 0.6 is 0 Å². The largest absolute Gasteiger partial charge is 0.755 e. The minimum absolute atomic E-state index is 0.0207. The summed E-state index contributed by atoms with van der Waals surface area (Å²) in [4.78, 5) is 11.9. The molecule has 1 heterocycles. The Labute approximate surface area is 195 Å². The molecule has 8 nitrogen and oxygen atoms in total.